The first kappa shape index (κ1) is 19.3. The van der Waals surface area contributed by atoms with Gasteiger partial charge in [0.1, 0.15) is 0 Å². The molecule has 2 aromatic rings. The van der Waals surface area contributed by atoms with Gasteiger partial charge in [0, 0.05) is 18.6 Å². The Bertz CT molecular complexity index is 836. The Morgan fingerprint density at radius 1 is 1.12 bits per heavy atom. The second kappa shape index (κ2) is 8.36. The molecule has 5 nitrogen and oxygen atoms in total. The molecule has 0 radical (unpaired) electrons. The summed E-state index contributed by atoms with van der Waals surface area (Å²) in [6.07, 6.45) is 2.70. The minimum absolute atomic E-state index is 0.290. The number of para-hydroxylation sites is 1. The fourth-order valence-corrected chi connectivity index (χ4v) is 3.00. The van der Waals surface area contributed by atoms with Crippen LogP contribution in [0.4, 0.5) is 5.69 Å². The number of carbonyl (C=O) groups is 1. The van der Waals surface area contributed by atoms with Gasteiger partial charge in [-0.25, -0.2) is 8.42 Å². The van der Waals surface area contributed by atoms with E-state index in [2.05, 4.69) is 5.32 Å². The van der Waals surface area contributed by atoms with Crippen LogP contribution in [0.2, 0.25) is 5.02 Å². The average molecular weight is 381 g/mol. The van der Waals surface area contributed by atoms with Crippen molar-refractivity contribution in [2.45, 2.75) is 12.8 Å². The zero-order valence-corrected chi connectivity index (χ0v) is 15.8. The van der Waals surface area contributed by atoms with Gasteiger partial charge < -0.3 is 5.32 Å². The lowest BCUT2D eigenvalue weighted by atomic mass is 10.1. The number of carbonyl (C=O) groups excluding carboxylic acids is 1. The maximum atomic E-state index is 12.4. The predicted molar refractivity (Wildman–Crippen MR) is 102 cm³/mol. The van der Waals surface area contributed by atoms with Gasteiger partial charge in [-0.1, -0.05) is 35.9 Å². The number of halogens is 1. The number of hydrogen-bond donors (Lipinski definition) is 1. The lowest BCUT2D eigenvalue weighted by molar-refractivity contribution is 0.0954. The smallest absolute Gasteiger partial charge is 0.253 e. The first-order chi connectivity index (χ1) is 11.8. The highest BCUT2D eigenvalue weighted by atomic mass is 35.5. The summed E-state index contributed by atoms with van der Waals surface area (Å²) in [4.78, 5) is 12.4. The maximum Gasteiger partial charge on any atom is 0.253 e. The van der Waals surface area contributed by atoms with Crippen molar-refractivity contribution in [3.63, 3.8) is 0 Å². The lowest BCUT2D eigenvalue weighted by Crippen LogP contribution is -2.30. The Morgan fingerprint density at radius 2 is 1.76 bits per heavy atom. The van der Waals surface area contributed by atoms with E-state index in [0.29, 0.717) is 22.8 Å². The van der Waals surface area contributed by atoms with Crippen LogP contribution in [-0.4, -0.2) is 34.2 Å². The van der Waals surface area contributed by atoms with Crippen molar-refractivity contribution in [1.29, 1.82) is 0 Å². The third-order valence-corrected chi connectivity index (χ3v) is 5.27. The third-order valence-electron chi connectivity index (χ3n) is 3.83. The number of sulfonamides is 1. The number of nitrogens with one attached hydrogen (secondary N) is 1. The van der Waals surface area contributed by atoms with Crippen molar-refractivity contribution >= 4 is 33.2 Å². The molecule has 0 saturated heterocycles. The zero-order valence-electron chi connectivity index (χ0n) is 14.2. The fraction of sp³-hybridized carbons (Fsp3) is 0.278. The summed E-state index contributed by atoms with van der Waals surface area (Å²) in [7, 11) is -2.00. The van der Waals surface area contributed by atoms with E-state index in [-0.39, 0.29) is 5.91 Å². The van der Waals surface area contributed by atoms with Crippen LogP contribution in [-0.2, 0) is 16.4 Å². The molecule has 0 saturated carbocycles. The molecule has 0 fully saturated rings. The summed E-state index contributed by atoms with van der Waals surface area (Å²) in [6.45, 7) is 0.498. The first-order valence-corrected chi connectivity index (χ1v) is 10.1. The zero-order chi connectivity index (χ0) is 18.4. The number of anilines is 1. The van der Waals surface area contributed by atoms with Crippen molar-refractivity contribution in [1.82, 2.24) is 5.32 Å². The Morgan fingerprint density at radius 3 is 2.40 bits per heavy atom. The lowest BCUT2D eigenvalue weighted by Gasteiger charge is -2.19. The predicted octanol–water partition coefficient (Wildman–Crippen LogP) is 3.10. The van der Waals surface area contributed by atoms with Gasteiger partial charge >= 0.3 is 0 Å². The average Bonchev–Trinajstić information content (AvgIpc) is 2.58. The fourth-order valence-electron chi connectivity index (χ4n) is 2.36. The first-order valence-electron chi connectivity index (χ1n) is 7.84. The molecule has 0 atom stereocenters. The highest BCUT2D eigenvalue weighted by Gasteiger charge is 2.18. The van der Waals surface area contributed by atoms with Crippen LogP contribution in [0.3, 0.4) is 0 Å². The van der Waals surface area contributed by atoms with E-state index >= 15 is 0 Å². The Kier molecular flexibility index (Phi) is 6.45. The van der Waals surface area contributed by atoms with Gasteiger partial charge in [0.05, 0.1) is 17.5 Å². The monoisotopic (exact) mass is 380 g/mol. The molecule has 0 aromatic heterocycles. The quantitative estimate of drug-likeness (QED) is 0.750. The van der Waals surface area contributed by atoms with Crippen LogP contribution in [0.1, 0.15) is 22.3 Å². The molecule has 134 valence electrons. The van der Waals surface area contributed by atoms with Gasteiger partial charge in [-0.15, -0.1) is 0 Å². The molecule has 0 spiro atoms. The topological polar surface area (TPSA) is 66.5 Å². The van der Waals surface area contributed by atoms with Crippen LogP contribution < -0.4 is 9.62 Å². The van der Waals surface area contributed by atoms with Crippen molar-refractivity contribution < 1.29 is 13.2 Å². The molecule has 0 unspecified atom stereocenters. The molecule has 0 heterocycles. The highest BCUT2D eigenvalue weighted by molar-refractivity contribution is 7.92. The standard InChI is InChI=1S/C18H21ClN2O3S/c1-21(25(2,23)24)17-8-4-3-7-16(17)18(22)20-13-5-6-14-9-11-15(19)12-10-14/h3-4,7-12H,5-6,13H2,1-2H3,(H,20,22). The number of rotatable bonds is 7. The van der Waals surface area contributed by atoms with Gasteiger partial charge in [0.15, 0.2) is 0 Å². The normalized spacial score (nSPS) is 11.2. The van der Waals surface area contributed by atoms with Crippen LogP contribution in [0.5, 0.6) is 0 Å². The third kappa shape index (κ3) is 5.47. The molecule has 0 aliphatic carbocycles. The van der Waals surface area contributed by atoms with Crippen molar-refractivity contribution in [3.05, 3.63) is 64.7 Å². The number of aryl methyl sites for hydroxylation is 1. The van der Waals surface area contributed by atoms with E-state index in [4.69, 9.17) is 11.6 Å². The van der Waals surface area contributed by atoms with Gasteiger partial charge in [-0.3, -0.25) is 9.10 Å². The summed E-state index contributed by atoms with van der Waals surface area (Å²) in [5.74, 6) is -0.290. The molecule has 2 aromatic carbocycles. The van der Waals surface area contributed by atoms with Crippen LogP contribution in [0, 0.1) is 0 Å². The molecular formula is C18H21ClN2O3S. The molecule has 1 amide bonds. The van der Waals surface area contributed by atoms with Crippen LogP contribution >= 0.6 is 11.6 Å². The maximum absolute atomic E-state index is 12.4. The largest absolute Gasteiger partial charge is 0.352 e. The molecule has 1 N–H and O–H groups in total. The second-order valence-corrected chi connectivity index (χ2v) is 8.18. The van der Waals surface area contributed by atoms with Gasteiger partial charge in [0.2, 0.25) is 10.0 Å². The number of nitrogens with zero attached hydrogens (tertiary/aromatic N) is 1. The molecule has 0 aliphatic rings. The summed E-state index contributed by atoms with van der Waals surface area (Å²) in [5, 5.41) is 3.54. The second-order valence-electron chi connectivity index (χ2n) is 5.73. The van der Waals surface area contributed by atoms with Gasteiger partial charge in [-0.2, -0.15) is 0 Å². The van der Waals surface area contributed by atoms with Gasteiger partial charge in [-0.05, 0) is 42.7 Å². The SMILES string of the molecule is CN(c1ccccc1C(=O)NCCCc1ccc(Cl)cc1)S(C)(=O)=O. The van der Waals surface area contributed by atoms with Crippen molar-refractivity contribution in [2.75, 3.05) is 24.2 Å². The van der Waals surface area contributed by atoms with Crippen LogP contribution in [0.15, 0.2) is 48.5 Å². The molecular weight excluding hydrogens is 360 g/mol. The summed E-state index contributed by atoms with van der Waals surface area (Å²) in [5.41, 5.74) is 1.85. The highest BCUT2D eigenvalue weighted by Crippen LogP contribution is 2.21. The summed E-state index contributed by atoms with van der Waals surface area (Å²) >= 11 is 5.85. The van der Waals surface area contributed by atoms with E-state index in [0.717, 1.165) is 29.0 Å². The van der Waals surface area contributed by atoms with Crippen LogP contribution in [0.25, 0.3) is 0 Å². The Balaban J connectivity index is 1.96. The molecule has 0 aliphatic heterocycles. The Hall–Kier alpha value is -2.05. The number of hydrogen-bond acceptors (Lipinski definition) is 3. The van der Waals surface area contributed by atoms with Crippen molar-refractivity contribution in [2.24, 2.45) is 0 Å². The molecule has 2 rings (SSSR count). The van der Waals surface area contributed by atoms with E-state index in [9.17, 15) is 13.2 Å². The Labute approximate surface area is 153 Å². The van der Waals surface area contributed by atoms with Crippen molar-refractivity contribution in [3.8, 4) is 0 Å². The van der Waals surface area contributed by atoms with E-state index < -0.39 is 10.0 Å². The molecule has 7 heteroatoms. The summed E-state index contributed by atoms with van der Waals surface area (Å²) in [6, 6.07) is 14.2. The van der Waals surface area contributed by atoms with E-state index in [1.807, 2.05) is 24.3 Å². The van der Waals surface area contributed by atoms with Gasteiger partial charge in [0.25, 0.3) is 5.91 Å². The number of benzene rings is 2. The molecule has 0 bridgehead atoms. The summed E-state index contributed by atoms with van der Waals surface area (Å²) < 4.78 is 24.6. The minimum Gasteiger partial charge on any atom is -0.352 e. The van der Waals surface area contributed by atoms with E-state index in [1.54, 1.807) is 24.3 Å². The van der Waals surface area contributed by atoms with E-state index in [1.165, 1.54) is 7.05 Å². The number of amides is 1. The minimum atomic E-state index is -3.43. The molecule has 25 heavy (non-hydrogen) atoms.